The van der Waals surface area contributed by atoms with E-state index >= 15 is 0 Å². The number of amides is 1. The van der Waals surface area contributed by atoms with Crippen LogP contribution in [0.15, 0.2) is 64.4 Å². The summed E-state index contributed by atoms with van der Waals surface area (Å²) in [5.74, 6) is 2.21. The van der Waals surface area contributed by atoms with Gasteiger partial charge in [0, 0.05) is 21.7 Å². The number of anilines is 1. The number of fused-ring (bicyclic) bond motifs is 6. The van der Waals surface area contributed by atoms with Gasteiger partial charge in [0.2, 0.25) is 5.91 Å². The first-order chi connectivity index (χ1) is 15.6. The van der Waals surface area contributed by atoms with Gasteiger partial charge >= 0.3 is 4.87 Å². The molecule has 2 bridgehead atoms. The summed E-state index contributed by atoms with van der Waals surface area (Å²) in [5.41, 5.74) is 3.14. The lowest BCUT2D eigenvalue weighted by atomic mass is 9.75. The molecule has 0 radical (unpaired) electrons. The molecule has 1 aliphatic heterocycles. The Balaban J connectivity index is 1.37. The number of nitrogens with one attached hydrogen (secondary N) is 1. The van der Waals surface area contributed by atoms with Crippen molar-refractivity contribution < 1.29 is 4.79 Å². The van der Waals surface area contributed by atoms with Crippen molar-refractivity contribution in [2.45, 2.75) is 48.9 Å². The van der Waals surface area contributed by atoms with E-state index in [4.69, 9.17) is 0 Å². The first-order valence-electron chi connectivity index (χ1n) is 11.4. The zero-order valence-electron chi connectivity index (χ0n) is 18.0. The van der Waals surface area contributed by atoms with Gasteiger partial charge in [0.05, 0.1) is 5.03 Å². The van der Waals surface area contributed by atoms with Gasteiger partial charge in [-0.05, 0) is 61.1 Å². The first kappa shape index (κ1) is 20.3. The van der Waals surface area contributed by atoms with Crippen LogP contribution in [0.3, 0.4) is 0 Å². The molecule has 2 fully saturated rings. The number of thioether (sulfide) groups is 1. The molecule has 0 spiro atoms. The van der Waals surface area contributed by atoms with Crippen LogP contribution >= 0.6 is 23.1 Å². The Hall–Kier alpha value is -2.31. The largest absolute Gasteiger partial charge is 0.324 e. The molecule has 4 nitrogen and oxygen atoms in total. The summed E-state index contributed by atoms with van der Waals surface area (Å²) in [6.07, 6.45) is 3.94. The molecule has 1 amide bonds. The van der Waals surface area contributed by atoms with Crippen LogP contribution in [0.4, 0.5) is 5.69 Å². The Morgan fingerprint density at radius 1 is 1.06 bits per heavy atom. The summed E-state index contributed by atoms with van der Waals surface area (Å²) in [5, 5.41) is 4.57. The van der Waals surface area contributed by atoms with Crippen molar-refractivity contribution in [3.05, 3.63) is 80.3 Å². The van der Waals surface area contributed by atoms with Gasteiger partial charge in [-0.25, -0.2) is 0 Å². The molecule has 0 saturated heterocycles. The molecule has 4 unspecified atom stereocenters. The van der Waals surface area contributed by atoms with Crippen molar-refractivity contribution in [1.29, 1.82) is 0 Å². The number of carbonyl (C=O) groups excluding carboxylic acids is 1. The van der Waals surface area contributed by atoms with E-state index < -0.39 is 0 Å². The first-order valence-corrected chi connectivity index (χ1v) is 13.1. The molecule has 2 heterocycles. The fraction of sp³-hybridized carbons (Fsp3) is 0.385. The van der Waals surface area contributed by atoms with Crippen LogP contribution in [0.25, 0.3) is 0 Å². The van der Waals surface area contributed by atoms with Crippen molar-refractivity contribution in [3.63, 3.8) is 0 Å². The van der Waals surface area contributed by atoms with Crippen molar-refractivity contribution in [2.75, 3.05) is 5.32 Å². The topological polar surface area (TPSA) is 51.1 Å². The molecule has 2 aliphatic carbocycles. The maximum Gasteiger partial charge on any atom is 0.308 e. The summed E-state index contributed by atoms with van der Waals surface area (Å²) in [4.78, 5) is 27.2. The van der Waals surface area contributed by atoms with E-state index in [1.54, 1.807) is 4.57 Å². The standard InChI is InChI=1S/C26H26N2O2S2/c1-15-7-5-6-10-19(15)27-20(29)14-28-25-24(32-26(28)30)21(16-8-3-2-4-9-16)22-17-11-12-18(13-17)23(22)31-25/h2-10,17-18,21-23H,11-14H2,1H3,(H,27,29)/t17?,18?,21-,22?,23?/m0/s1. The molecular weight excluding hydrogens is 436 g/mol. The fourth-order valence-electron chi connectivity index (χ4n) is 6.17. The summed E-state index contributed by atoms with van der Waals surface area (Å²) in [7, 11) is 0. The van der Waals surface area contributed by atoms with Gasteiger partial charge in [0.15, 0.2) is 0 Å². The third-order valence-electron chi connectivity index (χ3n) is 7.57. The highest BCUT2D eigenvalue weighted by atomic mass is 32.2. The van der Waals surface area contributed by atoms with Crippen LogP contribution in [0, 0.1) is 24.7 Å². The monoisotopic (exact) mass is 462 g/mol. The second-order valence-electron chi connectivity index (χ2n) is 9.37. The number of aromatic nitrogens is 1. The van der Waals surface area contributed by atoms with Gasteiger partial charge in [-0.1, -0.05) is 59.9 Å². The van der Waals surface area contributed by atoms with Crippen molar-refractivity contribution in [3.8, 4) is 0 Å². The molecule has 3 aromatic rings. The third kappa shape index (κ3) is 3.27. The van der Waals surface area contributed by atoms with E-state index in [1.165, 1.54) is 41.0 Å². The minimum absolute atomic E-state index is 0.0179. The molecule has 2 saturated carbocycles. The maximum atomic E-state index is 13.1. The number of carbonyl (C=O) groups is 1. The van der Waals surface area contributed by atoms with Crippen molar-refractivity contribution >= 4 is 34.7 Å². The van der Waals surface area contributed by atoms with Crippen LogP contribution < -0.4 is 10.2 Å². The van der Waals surface area contributed by atoms with Crippen LogP contribution in [-0.2, 0) is 11.3 Å². The fourth-order valence-corrected chi connectivity index (χ4v) is 9.32. The molecule has 6 heteroatoms. The number of rotatable bonds is 4. The Morgan fingerprint density at radius 2 is 1.81 bits per heavy atom. The lowest BCUT2D eigenvalue weighted by Gasteiger charge is -2.40. The Morgan fingerprint density at radius 3 is 2.62 bits per heavy atom. The Labute approximate surface area is 196 Å². The van der Waals surface area contributed by atoms with Crippen molar-refractivity contribution in [2.24, 2.45) is 17.8 Å². The summed E-state index contributed by atoms with van der Waals surface area (Å²) >= 11 is 3.24. The molecule has 164 valence electrons. The number of hydrogen-bond donors (Lipinski definition) is 1. The molecule has 1 N–H and O–H groups in total. The second kappa shape index (κ2) is 7.92. The number of thiazole rings is 1. The highest BCUT2D eigenvalue weighted by Gasteiger charge is 2.55. The SMILES string of the molecule is Cc1ccccc1NC(=O)Cn1c2c(sc1=O)[C@@H](c1ccccc1)C1C3CCC(C3)C1S2. The number of nitrogens with zero attached hydrogens (tertiary/aromatic N) is 1. The molecule has 5 atom stereocenters. The second-order valence-corrected chi connectivity index (χ2v) is 11.5. The molecule has 6 rings (SSSR count). The van der Waals surface area contributed by atoms with E-state index in [0.29, 0.717) is 11.2 Å². The molecule has 2 aromatic carbocycles. The predicted molar refractivity (Wildman–Crippen MR) is 131 cm³/mol. The zero-order valence-corrected chi connectivity index (χ0v) is 19.6. The van der Waals surface area contributed by atoms with E-state index in [9.17, 15) is 9.59 Å². The smallest absolute Gasteiger partial charge is 0.308 e. The average Bonchev–Trinajstić information content (AvgIpc) is 3.49. The summed E-state index contributed by atoms with van der Waals surface area (Å²) < 4.78 is 1.73. The lowest BCUT2D eigenvalue weighted by Crippen LogP contribution is -2.34. The molecule has 32 heavy (non-hydrogen) atoms. The van der Waals surface area contributed by atoms with Gasteiger partial charge in [0.1, 0.15) is 6.54 Å². The minimum atomic E-state index is -0.145. The summed E-state index contributed by atoms with van der Waals surface area (Å²) in [6, 6.07) is 18.4. The maximum absolute atomic E-state index is 13.1. The number of aryl methyl sites for hydroxylation is 1. The quantitative estimate of drug-likeness (QED) is 0.556. The molecular formula is C26H26N2O2S2. The van der Waals surface area contributed by atoms with Crippen LogP contribution in [0.5, 0.6) is 0 Å². The Bertz CT molecular complexity index is 1230. The van der Waals surface area contributed by atoms with Gasteiger partial charge in [-0.3, -0.25) is 14.2 Å². The normalized spacial score (nSPS) is 27.7. The zero-order chi connectivity index (χ0) is 21.8. The third-order valence-corrected chi connectivity index (χ3v) is 10.4. The van der Waals surface area contributed by atoms with E-state index in [2.05, 4.69) is 35.6 Å². The Kier molecular flexibility index (Phi) is 5.03. The van der Waals surface area contributed by atoms with Gasteiger partial charge in [0.25, 0.3) is 0 Å². The van der Waals surface area contributed by atoms with Crippen LogP contribution in [0.1, 0.15) is 41.2 Å². The van der Waals surface area contributed by atoms with E-state index in [1.807, 2.05) is 43.0 Å². The summed E-state index contributed by atoms with van der Waals surface area (Å²) in [6.45, 7) is 2.04. The van der Waals surface area contributed by atoms with E-state index in [-0.39, 0.29) is 23.2 Å². The van der Waals surface area contributed by atoms with Gasteiger partial charge < -0.3 is 5.32 Å². The predicted octanol–water partition coefficient (Wildman–Crippen LogP) is 5.51. The minimum Gasteiger partial charge on any atom is -0.324 e. The lowest BCUT2D eigenvalue weighted by molar-refractivity contribution is -0.116. The average molecular weight is 463 g/mol. The van der Waals surface area contributed by atoms with Crippen molar-refractivity contribution in [1.82, 2.24) is 4.57 Å². The van der Waals surface area contributed by atoms with E-state index in [0.717, 1.165) is 28.1 Å². The van der Waals surface area contributed by atoms with Gasteiger partial charge in [-0.2, -0.15) is 0 Å². The number of para-hydroxylation sites is 1. The highest BCUT2D eigenvalue weighted by Crippen LogP contribution is 2.63. The number of benzene rings is 2. The molecule has 3 aliphatic rings. The van der Waals surface area contributed by atoms with Gasteiger partial charge in [-0.15, -0.1) is 11.8 Å². The molecule has 1 aromatic heterocycles. The highest BCUT2D eigenvalue weighted by molar-refractivity contribution is 8.00. The number of hydrogen-bond acceptors (Lipinski definition) is 4. The van der Waals surface area contributed by atoms with Crippen LogP contribution in [0.2, 0.25) is 0 Å². The van der Waals surface area contributed by atoms with Crippen LogP contribution in [-0.4, -0.2) is 15.7 Å².